The van der Waals surface area contributed by atoms with E-state index in [-0.39, 0.29) is 0 Å². The van der Waals surface area contributed by atoms with Gasteiger partial charge in [-0.15, -0.1) is 0 Å². The molecule has 2 nitrogen and oxygen atoms in total. The molecule has 46 valence electrons. The molecular weight excluding hydrogens is 100 g/mol. The lowest BCUT2D eigenvalue weighted by Crippen LogP contribution is -2.12. The quantitative estimate of drug-likeness (QED) is 0.324. The van der Waals surface area contributed by atoms with E-state index in [1.165, 1.54) is 0 Å². The third-order valence-corrected chi connectivity index (χ3v) is 0.722. The number of rotatable bonds is 3. The van der Waals surface area contributed by atoms with Gasteiger partial charge in [0.25, 0.3) is 0 Å². The number of hydrazine groups is 1. The van der Waals surface area contributed by atoms with Crippen molar-refractivity contribution in [3.63, 3.8) is 0 Å². The summed E-state index contributed by atoms with van der Waals surface area (Å²) < 4.78 is 0. The molecule has 3 N–H and O–H groups in total. The van der Waals surface area contributed by atoms with Crippen LogP contribution in [0.2, 0.25) is 0 Å². The molecule has 0 saturated heterocycles. The van der Waals surface area contributed by atoms with Crippen LogP contribution >= 0.6 is 0 Å². The minimum absolute atomic E-state index is 0.945. The summed E-state index contributed by atoms with van der Waals surface area (Å²) in [5.41, 5.74) is 2.41. The summed E-state index contributed by atoms with van der Waals surface area (Å²) in [6.45, 7) is 1.99. The van der Waals surface area contributed by atoms with E-state index in [4.69, 9.17) is 5.84 Å². The van der Waals surface area contributed by atoms with Gasteiger partial charge in [0.05, 0.1) is 0 Å². The highest BCUT2D eigenvalue weighted by Crippen LogP contribution is 1.81. The van der Waals surface area contributed by atoms with Gasteiger partial charge in [-0.2, -0.15) is 0 Å². The third kappa shape index (κ3) is 5.24. The van der Waals surface area contributed by atoms with Crippen LogP contribution in [0.1, 0.15) is 13.3 Å². The van der Waals surface area contributed by atoms with Crippen LogP contribution in [0.15, 0.2) is 24.4 Å². The normalized spacial score (nSPS) is 11.2. The summed E-state index contributed by atoms with van der Waals surface area (Å²) in [5, 5.41) is 0. The standard InChI is InChI=1S/C6H12N2/c1-2-3-4-5-6-8-7/h2-3,5-6,8H,4,7H2,1H3/b3-2-,6-5-. The topological polar surface area (TPSA) is 38.0 Å². The van der Waals surface area contributed by atoms with Crippen LogP contribution in [0.25, 0.3) is 0 Å². The molecule has 0 atom stereocenters. The molecule has 0 aliphatic carbocycles. The van der Waals surface area contributed by atoms with Crippen molar-refractivity contribution >= 4 is 0 Å². The highest BCUT2D eigenvalue weighted by atomic mass is 15.2. The first-order chi connectivity index (χ1) is 3.91. The number of hydrogen-bond acceptors (Lipinski definition) is 2. The van der Waals surface area contributed by atoms with Gasteiger partial charge in [0.1, 0.15) is 0 Å². The van der Waals surface area contributed by atoms with Crippen LogP contribution < -0.4 is 11.3 Å². The number of nitrogens with one attached hydrogen (secondary N) is 1. The Morgan fingerprint density at radius 2 is 2.25 bits per heavy atom. The molecular formula is C6H12N2. The summed E-state index contributed by atoms with van der Waals surface area (Å²) in [5.74, 6) is 4.95. The second kappa shape index (κ2) is 6.24. The highest BCUT2D eigenvalue weighted by Gasteiger charge is 1.64. The molecule has 0 saturated carbocycles. The van der Waals surface area contributed by atoms with E-state index in [1.54, 1.807) is 6.20 Å². The fraction of sp³-hybridized carbons (Fsp3) is 0.333. The van der Waals surface area contributed by atoms with Crippen LogP contribution in [-0.4, -0.2) is 0 Å². The number of nitrogens with two attached hydrogens (primary N) is 1. The van der Waals surface area contributed by atoms with Gasteiger partial charge in [-0.3, -0.25) is 5.84 Å². The first-order valence-corrected chi connectivity index (χ1v) is 2.64. The molecule has 0 rings (SSSR count). The SMILES string of the molecule is C/C=C\C/C=C\NN. The summed E-state index contributed by atoms with van der Waals surface area (Å²) in [7, 11) is 0. The maximum absolute atomic E-state index is 4.95. The second-order valence-electron chi connectivity index (χ2n) is 1.37. The van der Waals surface area contributed by atoms with Crippen molar-refractivity contribution < 1.29 is 0 Å². The van der Waals surface area contributed by atoms with Gasteiger partial charge in [-0.25, -0.2) is 0 Å². The van der Waals surface area contributed by atoms with Gasteiger partial charge >= 0.3 is 0 Å². The zero-order valence-corrected chi connectivity index (χ0v) is 5.09. The first kappa shape index (κ1) is 7.24. The first-order valence-electron chi connectivity index (χ1n) is 2.64. The van der Waals surface area contributed by atoms with Gasteiger partial charge in [0, 0.05) is 6.20 Å². The Hall–Kier alpha value is -0.760. The van der Waals surface area contributed by atoms with Crippen molar-refractivity contribution in [2.24, 2.45) is 5.84 Å². The van der Waals surface area contributed by atoms with E-state index >= 15 is 0 Å². The predicted molar refractivity (Wildman–Crippen MR) is 35.9 cm³/mol. The van der Waals surface area contributed by atoms with Gasteiger partial charge in [-0.1, -0.05) is 18.2 Å². The smallest absolute Gasteiger partial charge is 0.00857 e. The van der Waals surface area contributed by atoms with Crippen molar-refractivity contribution in [1.82, 2.24) is 5.43 Å². The summed E-state index contributed by atoms with van der Waals surface area (Å²) in [6, 6.07) is 0. The van der Waals surface area contributed by atoms with Crippen LogP contribution in [0.3, 0.4) is 0 Å². The average Bonchev–Trinajstić information content (AvgIpc) is 1.81. The zero-order valence-electron chi connectivity index (χ0n) is 5.09. The molecule has 2 heteroatoms. The summed E-state index contributed by atoms with van der Waals surface area (Å²) in [6.07, 6.45) is 8.65. The maximum Gasteiger partial charge on any atom is 0.00857 e. The van der Waals surface area contributed by atoms with Crippen LogP contribution in [-0.2, 0) is 0 Å². The Bertz CT molecular complexity index is 84.5. The fourth-order valence-electron chi connectivity index (χ4n) is 0.351. The summed E-state index contributed by atoms with van der Waals surface area (Å²) in [4.78, 5) is 0. The van der Waals surface area contributed by atoms with Crippen LogP contribution in [0, 0.1) is 0 Å². The van der Waals surface area contributed by atoms with E-state index in [0.717, 1.165) is 6.42 Å². The van der Waals surface area contributed by atoms with E-state index in [1.807, 2.05) is 25.2 Å². The molecule has 0 unspecified atom stereocenters. The molecule has 0 spiro atoms. The Morgan fingerprint density at radius 1 is 1.50 bits per heavy atom. The summed E-state index contributed by atoms with van der Waals surface area (Å²) >= 11 is 0. The molecule has 8 heavy (non-hydrogen) atoms. The Morgan fingerprint density at radius 3 is 2.75 bits per heavy atom. The molecule has 0 bridgehead atoms. The lowest BCUT2D eigenvalue weighted by Gasteiger charge is -1.81. The van der Waals surface area contributed by atoms with Crippen LogP contribution in [0.5, 0.6) is 0 Å². The Kier molecular flexibility index (Phi) is 5.65. The third-order valence-electron chi connectivity index (χ3n) is 0.722. The molecule has 0 aromatic heterocycles. The lowest BCUT2D eigenvalue weighted by atomic mass is 10.4. The van der Waals surface area contributed by atoms with Crippen molar-refractivity contribution in [2.45, 2.75) is 13.3 Å². The van der Waals surface area contributed by atoms with Crippen molar-refractivity contribution in [1.29, 1.82) is 0 Å². The molecule has 0 heterocycles. The van der Waals surface area contributed by atoms with Crippen molar-refractivity contribution in [2.75, 3.05) is 0 Å². The van der Waals surface area contributed by atoms with Gasteiger partial charge in [0.2, 0.25) is 0 Å². The minimum Gasteiger partial charge on any atom is -0.332 e. The van der Waals surface area contributed by atoms with Crippen molar-refractivity contribution in [3.8, 4) is 0 Å². The van der Waals surface area contributed by atoms with E-state index in [9.17, 15) is 0 Å². The molecule has 0 aliphatic heterocycles. The molecule has 0 fully saturated rings. The highest BCUT2D eigenvalue weighted by molar-refractivity contribution is 4.89. The molecule has 0 amide bonds. The van der Waals surface area contributed by atoms with Gasteiger partial charge in [0.15, 0.2) is 0 Å². The number of hydrogen-bond donors (Lipinski definition) is 2. The van der Waals surface area contributed by atoms with E-state index < -0.39 is 0 Å². The van der Waals surface area contributed by atoms with Gasteiger partial charge in [-0.05, 0) is 13.3 Å². The van der Waals surface area contributed by atoms with E-state index in [2.05, 4.69) is 5.43 Å². The van der Waals surface area contributed by atoms with Crippen molar-refractivity contribution in [3.05, 3.63) is 24.4 Å². The van der Waals surface area contributed by atoms with Crippen LogP contribution in [0.4, 0.5) is 0 Å². The van der Waals surface area contributed by atoms with E-state index in [0.29, 0.717) is 0 Å². The lowest BCUT2D eigenvalue weighted by molar-refractivity contribution is 0.961. The average molecular weight is 112 g/mol. The molecule has 0 radical (unpaired) electrons. The monoisotopic (exact) mass is 112 g/mol. The fourth-order valence-corrected chi connectivity index (χ4v) is 0.351. The molecule has 0 aromatic carbocycles. The number of allylic oxidation sites excluding steroid dienone is 3. The second-order valence-corrected chi connectivity index (χ2v) is 1.37. The Balaban J connectivity index is 3.03. The minimum atomic E-state index is 0.945. The molecule has 0 aliphatic rings. The maximum atomic E-state index is 4.95. The zero-order chi connectivity index (χ0) is 6.24. The van der Waals surface area contributed by atoms with Gasteiger partial charge < -0.3 is 5.43 Å². The predicted octanol–water partition coefficient (Wildman–Crippen LogP) is 0.930. The largest absolute Gasteiger partial charge is 0.332 e. The Labute approximate surface area is 50.0 Å². The molecule has 0 aromatic rings.